The minimum absolute atomic E-state index is 0.0480. The second kappa shape index (κ2) is 5.04. The monoisotopic (exact) mass is 280 g/mol. The molecule has 0 bridgehead atoms. The van der Waals surface area contributed by atoms with Crippen LogP contribution in [0.3, 0.4) is 0 Å². The summed E-state index contributed by atoms with van der Waals surface area (Å²) in [4.78, 5) is 19.8. The minimum atomic E-state index is -0.0480. The molecule has 0 fully saturated rings. The van der Waals surface area contributed by atoms with Gasteiger partial charge >= 0.3 is 0 Å². The number of carbonyl (C=O) groups excluding carboxylic acids is 1. The quantitative estimate of drug-likeness (QED) is 0.782. The number of nitrogens with zero attached hydrogens (tertiary/aromatic N) is 2. The van der Waals surface area contributed by atoms with Gasteiger partial charge in [-0.05, 0) is 32.0 Å². The van der Waals surface area contributed by atoms with Gasteiger partial charge in [0.25, 0.3) is 0 Å². The van der Waals surface area contributed by atoms with Crippen molar-refractivity contribution in [2.45, 2.75) is 13.8 Å². The molecule has 0 aliphatic rings. The van der Waals surface area contributed by atoms with Crippen molar-refractivity contribution in [2.24, 2.45) is 0 Å². The van der Waals surface area contributed by atoms with E-state index in [-0.39, 0.29) is 5.78 Å². The molecule has 2 aromatic rings. The van der Waals surface area contributed by atoms with Crippen molar-refractivity contribution in [3.63, 3.8) is 0 Å². The third kappa shape index (κ3) is 2.52. The third-order valence-corrected chi connectivity index (χ3v) is 3.28. The Bertz CT molecular complexity index is 626. The molecule has 1 aromatic carbocycles. The van der Waals surface area contributed by atoms with E-state index in [9.17, 15) is 4.79 Å². The second-order valence-corrected chi connectivity index (χ2v) is 4.69. The number of ketones is 1. The Morgan fingerprint density at radius 1 is 1.22 bits per heavy atom. The fraction of sp³-hybridized carbons (Fsp3) is 0.154. The molecular formula is C13H10Cl2N2O. The molecule has 0 aliphatic carbocycles. The highest BCUT2D eigenvalue weighted by molar-refractivity contribution is 6.42. The van der Waals surface area contributed by atoms with Gasteiger partial charge in [0.1, 0.15) is 0 Å². The number of aryl methyl sites for hydroxylation is 1. The fourth-order valence-electron chi connectivity index (χ4n) is 1.59. The van der Waals surface area contributed by atoms with E-state index < -0.39 is 0 Å². The van der Waals surface area contributed by atoms with Gasteiger partial charge in [0.05, 0.1) is 21.3 Å². The van der Waals surface area contributed by atoms with E-state index in [4.69, 9.17) is 23.2 Å². The van der Waals surface area contributed by atoms with Crippen LogP contribution in [0.2, 0.25) is 10.0 Å². The maximum absolute atomic E-state index is 11.3. The first-order valence-corrected chi connectivity index (χ1v) is 6.04. The number of Topliss-reactive ketones (excluding diaryl/α,β-unsaturated/α-hetero) is 1. The average molecular weight is 281 g/mol. The Hall–Kier alpha value is -1.45. The molecule has 0 N–H and O–H groups in total. The van der Waals surface area contributed by atoms with Crippen LogP contribution in [0.5, 0.6) is 0 Å². The topological polar surface area (TPSA) is 42.9 Å². The summed E-state index contributed by atoms with van der Waals surface area (Å²) in [7, 11) is 0. The van der Waals surface area contributed by atoms with Crippen LogP contribution in [0.25, 0.3) is 11.4 Å². The summed E-state index contributed by atoms with van der Waals surface area (Å²) >= 11 is 11.8. The summed E-state index contributed by atoms with van der Waals surface area (Å²) in [6, 6.07) is 5.18. The standard InChI is InChI=1S/C13H10Cl2N2O/c1-7-10(8(2)18)6-16-13(17-7)9-3-4-11(14)12(15)5-9/h3-6H,1-2H3. The lowest BCUT2D eigenvalue weighted by Gasteiger charge is -2.05. The molecule has 1 heterocycles. The Labute approximate surface area is 115 Å². The van der Waals surface area contributed by atoms with Crippen molar-refractivity contribution in [1.29, 1.82) is 0 Å². The normalized spacial score (nSPS) is 10.4. The first kappa shape index (κ1) is 13.0. The minimum Gasteiger partial charge on any atom is -0.294 e. The van der Waals surface area contributed by atoms with E-state index in [1.807, 2.05) is 0 Å². The Morgan fingerprint density at radius 2 is 1.94 bits per heavy atom. The second-order valence-electron chi connectivity index (χ2n) is 3.88. The Balaban J connectivity index is 2.48. The molecule has 0 radical (unpaired) electrons. The smallest absolute Gasteiger partial charge is 0.163 e. The molecule has 0 saturated heterocycles. The van der Waals surface area contributed by atoms with Crippen molar-refractivity contribution in [2.75, 3.05) is 0 Å². The van der Waals surface area contributed by atoms with Crippen molar-refractivity contribution < 1.29 is 4.79 Å². The van der Waals surface area contributed by atoms with Gasteiger partial charge in [-0.1, -0.05) is 23.2 Å². The van der Waals surface area contributed by atoms with Crippen LogP contribution < -0.4 is 0 Å². The highest BCUT2D eigenvalue weighted by atomic mass is 35.5. The number of aromatic nitrogens is 2. The van der Waals surface area contributed by atoms with E-state index in [1.165, 1.54) is 13.1 Å². The van der Waals surface area contributed by atoms with Crippen LogP contribution in [0, 0.1) is 6.92 Å². The molecule has 5 heteroatoms. The van der Waals surface area contributed by atoms with E-state index >= 15 is 0 Å². The largest absolute Gasteiger partial charge is 0.294 e. The number of rotatable bonds is 2. The molecule has 92 valence electrons. The molecule has 18 heavy (non-hydrogen) atoms. The van der Waals surface area contributed by atoms with Gasteiger partial charge in [-0.25, -0.2) is 9.97 Å². The molecule has 0 unspecified atom stereocenters. The third-order valence-electron chi connectivity index (χ3n) is 2.54. The van der Waals surface area contributed by atoms with Crippen LogP contribution in [0.4, 0.5) is 0 Å². The number of hydrogen-bond donors (Lipinski definition) is 0. The summed E-state index contributed by atoms with van der Waals surface area (Å²) in [6.45, 7) is 3.27. The Kier molecular flexibility index (Phi) is 3.64. The number of halogens is 2. The molecule has 0 spiro atoms. The molecule has 0 saturated carbocycles. The van der Waals surface area contributed by atoms with E-state index in [2.05, 4.69) is 9.97 Å². The predicted molar refractivity (Wildman–Crippen MR) is 72.2 cm³/mol. The zero-order valence-electron chi connectivity index (χ0n) is 9.87. The molecule has 0 amide bonds. The van der Waals surface area contributed by atoms with Crippen LogP contribution in [0.15, 0.2) is 24.4 Å². The summed E-state index contributed by atoms with van der Waals surface area (Å²) in [5.74, 6) is 0.476. The predicted octanol–water partition coefficient (Wildman–Crippen LogP) is 3.96. The number of hydrogen-bond acceptors (Lipinski definition) is 3. The van der Waals surface area contributed by atoms with Gasteiger partial charge in [0.15, 0.2) is 11.6 Å². The van der Waals surface area contributed by atoms with Gasteiger partial charge in [-0.3, -0.25) is 4.79 Å². The van der Waals surface area contributed by atoms with Gasteiger partial charge in [-0.2, -0.15) is 0 Å². The summed E-state index contributed by atoms with van der Waals surface area (Å²) in [6.07, 6.45) is 1.53. The lowest BCUT2D eigenvalue weighted by atomic mass is 10.1. The molecule has 2 rings (SSSR count). The maximum atomic E-state index is 11.3. The van der Waals surface area contributed by atoms with Crippen LogP contribution in [0.1, 0.15) is 23.0 Å². The van der Waals surface area contributed by atoms with Crippen molar-refractivity contribution >= 4 is 29.0 Å². The van der Waals surface area contributed by atoms with Crippen molar-refractivity contribution in [3.8, 4) is 11.4 Å². The molecule has 1 aromatic heterocycles. The van der Waals surface area contributed by atoms with Gasteiger partial charge in [0.2, 0.25) is 0 Å². The summed E-state index contributed by atoms with van der Waals surface area (Å²) in [5.41, 5.74) is 1.94. The van der Waals surface area contributed by atoms with Crippen LogP contribution in [-0.4, -0.2) is 15.8 Å². The van der Waals surface area contributed by atoms with Crippen LogP contribution >= 0.6 is 23.2 Å². The highest BCUT2D eigenvalue weighted by Gasteiger charge is 2.09. The van der Waals surface area contributed by atoms with E-state index in [0.717, 1.165) is 5.56 Å². The van der Waals surface area contributed by atoms with Crippen molar-refractivity contribution in [1.82, 2.24) is 9.97 Å². The number of benzene rings is 1. The molecule has 0 atom stereocenters. The number of carbonyl (C=O) groups is 1. The molecule has 3 nitrogen and oxygen atoms in total. The van der Waals surface area contributed by atoms with Crippen molar-refractivity contribution in [3.05, 3.63) is 45.7 Å². The first-order chi connectivity index (χ1) is 8.49. The van der Waals surface area contributed by atoms with Gasteiger partial charge < -0.3 is 0 Å². The first-order valence-electron chi connectivity index (χ1n) is 5.29. The lowest BCUT2D eigenvalue weighted by Crippen LogP contribution is -2.02. The summed E-state index contributed by atoms with van der Waals surface area (Å²) < 4.78 is 0. The molecule has 0 aliphatic heterocycles. The summed E-state index contributed by atoms with van der Waals surface area (Å²) in [5, 5.41) is 0.934. The highest BCUT2D eigenvalue weighted by Crippen LogP contribution is 2.27. The average Bonchev–Trinajstić information content (AvgIpc) is 2.32. The maximum Gasteiger partial charge on any atom is 0.163 e. The SMILES string of the molecule is CC(=O)c1cnc(-c2ccc(Cl)c(Cl)c2)nc1C. The van der Waals surface area contributed by atoms with E-state index in [1.54, 1.807) is 25.1 Å². The van der Waals surface area contributed by atoms with E-state index in [0.29, 0.717) is 27.1 Å². The molecular weight excluding hydrogens is 271 g/mol. The zero-order chi connectivity index (χ0) is 13.3. The fourth-order valence-corrected chi connectivity index (χ4v) is 1.89. The Morgan fingerprint density at radius 3 is 2.50 bits per heavy atom. The van der Waals surface area contributed by atoms with Crippen LogP contribution in [-0.2, 0) is 0 Å². The zero-order valence-corrected chi connectivity index (χ0v) is 11.4. The lowest BCUT2D eigenvalue weighted by molar-refractivity contribution is 0.101. The van der Waals surface area contributed by atoms with Gasteiger partial charge in [0, 0.05) is 11.8 Å². The van der Waals surface area contributed by atoms with Gasteiger partial charge in [-0.15, -0.1) is 0 Å².